The van der Waals surface area contributed by atoms with E-state index >= 15 is 0 Å². The first-order valence-electron chi connectivity index (χ1n) is 20.2. The summed E-state index contributed by atoms with van der Waals surface area (Å²) in [5.41, 5.74) is 5.81. The molecule has 2 fully saturated rings. The van der Waals surface area contributed by atoms with Gasteiger partial charge in [-0.25, -0.2) is 14.8 Å². The summed E-state index contributed by atoms with van der Waals surface area (Å²) in [6.07, 6.45) is 4.55. The normalized spacial score (nSPS) is 23.2. The van der Waals surface area contributed by atoms with E-state index in [1.807, 2.05) is 56.8 Å². The lowest BCUT2D eigenvalue weighted by atomic mass is 10.0. The maximum atomic E-state index is 13.9. The van der Waals surface area contributed by atoms with Gasteiger partial charge in [-0.3, -0.25) is 14.4 Å². The van der Waals surface area contributed by atoms with Crippen LogP contribution in [0.1, 0.15) is 98.9 Å². The molecule has 0 aliphatic carbocycles. The van der Waals surface area contributed by atoms with E-state index in [9.17, 15) is 19.2 Å². The molecule has 0 saturated carbocycles. The van der Waals surface area contributed by atoms with Crippen molar-refractivity contribution in [2.24, 2.45) is 23.7 Å². The fraction of sp³-hybridized carbons (Fsp3) is 0.500. The lowest BCUT2D eigenvalue weighted by molar-refractivity contribution is -0.140. The number of hydrogen-bond donors (Lipinski definition) is 4. The van der Waals surface area contributed by atoms with E-state index in [1.165, 1.54) is 14.0 Å². The molecule has 13 nitrogen and oxygen atoms in total. The summed E-state index contributed by atoms with van der Waals surface area (Å²) in [5.74, 6) is 1.38. The van der Waals surface area contributed by atoms with Gasteiger partial charge in [-0.1, -0.05) is 90.1 Å². The fourth-order valence-electron chi connectivity index (χ4n) is 8.38. The van der Waals surface area contributed by atoms with Crippen LogP contribution in [0.2, 0.25) is 0 Å². The lowest BCUT2D eigenvalue weighted by Gasteiger charge is -2.33. The second-order valence-corrected chi connectivity index (χ2v) is 16.7. The quantitative estimate of drug-likeness (QED) is 0.124. The Labute approximate surface area is 335 Å². The number of methoxy groups -OCH3 is 1. The molecule has 0 bridgehead atoms. The highest BCUT2D eigenvalue weighted by Crippen LogP contribution is 2.41. The van der Waals surface area contributed by atoms with Crippen LogP contribution in [0, 0.1) is 23.7 Å². The Morgan fingerprint density at radius 2 is 1.02 bits per heavy atom. The van der Waals surface area contributed by atoms with Gasteiger partial charge in [0, 0.05) is 19.0 Å². The van der Waals surface area contributed by atoms with Crippen molar-refractivity contribution < 1.29 is 23.9 Å². The van der Waals surface area contributed by atoms with Crippen LogP contribution in [0.25, 0.3) is 33.6 Å². The third kappa shape index (κ3) is 8.47. The molecule has 4 amide bonds. The molecule has 4 N–H and O–H groups in total. The van der Waals surface area contributed by atoms with Gasteiger partial charge in [0.2, 0.25) is 17.7 Å². The lowest BCUT2D eigenvalue weighted by Crippen LogP contribution is -2.53. The predicted octanol–water partition coefficient (Wildman–Crippen LogP) is 7.27. The Morgan fingerprint density at radius 3 is 1.37 bits per heavy atom. The third-order valence-corrected chi connectivity index (χ3v) is 12.1. The van der Waals surface area contributed by atoms with Gasteiger partial charge in [0.25, 0.3) is 0 Å². The molecule has 2 aliphatic rings. The molecule has 0 spiro atoms. The molecule has 2 aromatic carbocycles. The Hall–Kier alpha value is -5.46. The summed E-state index contributed by atoms with van der Waals surface area (Å²) in [4.78, 5) is 72.0. The number of aromatic amines is 2. The van der Waals surface area contributed by atoms with E-state index in [2.05, 4.69) is 89.9 Å². The molecule has 0 unspecified atom stereocenters. The highest BCUT2D eigenvalue weighted by Gasteiger charge is 2.45. The number of aromatic nitrogens is 4. The van der Waals surface area contributed by atoms with Crippen LogP contribution < -0.4 is 10.6 Å². The van der Waals surface area contributed by atoms with E-state index in [0.29, 0.717) is 0 Å². The number of ether oxygens (including phenoxy) is 1. The number of H-pyrrole nitrogens is 2. The smallest absolute Gasteiger partial charge is 0.407 e. The van der Waals surface area contributed by atoms with Crippen LogP contribution in [0.15, 0.2) is 60.9 Å². The molecule has 8 atom stereocenters. The number of amides is 4. The van der Waals surface area contributed by atoms with Crippen LogP contribution in [-0.2, 0) is 19.1 Å². The number of benzene rings is 2. The summed E-state index contributed by atoms with van der Waals surface area (Å²) in [7, 11) is 1.30. The second-order valence-electron chi connectivity index (χ2n) is 16.7. The highest BCUT2D eigenvalue weighted by molar-refractivity contribution is 5.88. The Kier molecular flexibility index (Phi) is 12.2. The van der Waals surface area contributed by atoms with Gasteiger partial charge in [0.1, 0.15) is 23.7 Å². The highest BCUT2D eigenvalue weighted by atomic mass is 16.5. The van der Waals surface area contributed by atoms with Crippen molar-refractivity contribution in [2.45, 2.75) is 111 Å². The van der Waals surface area contributed by atoms with Crippen LogP contribution >= 0.6 is 0 Å². The number of hydrogen-bond acceptors (Lipinski definition) is 7. The summed E-state index contributed by atoms with van der Waals surface area (Å²) in [5, 5.41) is 5.60. The molecule has 2 saturated heterocycles. The zero-order valence-corrected chi connectivity index (χ0v) is 34.8. The maximum Gasteiger partial charge on any atom is 0.407 e. The molecule has 304 valence electrons. The van der Waals surface area contributed by atoms with Crippen molar-refractivity contribution >= 4 is 23.8 Å². The van der Waals surface area contributed by atoms with Crippen molar-refractivity contribution in [3.63, 3.8) is 0 Å². The molecule has 57 heavy (non-hydrogen) atoms. The Bertz CT molecular complexity index is 2050. The van der Waals surface area contributed by atoms with Gasteiger partial charge >= 0.3 is 6.09 Å². The van der Waals surface area contributed by atoms with Gasteiger partial charge < -0.3 is 35.1 Å². The van der Waals surface area contributed by atoms with Crippen LogP contribution in [-0.4, -0.2) is 84.8 Å². The predicted molar refractivity (Wildman–Crippen MR) is 219 cm³/mol. The van der Waals surface area contributed by atoms with Crippen molar-refractivity contribution in [3.8, 4) is 33.6 Å². The summed E-state index contributed by atoms with van der Waals surface area (Å²) < 4.78 is 4.80. The average molecular weight is 779 g/mol. The zero-order valence-electron chi connectivity index (χ0n) is 34.8. The summed E-state index contributed by atoms with van der Waals surface area (Å²) >= 11 is 0. The van der Waals surface area contributed by atoms with Gasteiger partial charge in [0.15, 0.2) is 0 Å². The van der Waals surface area contributed by atoms with Crippen molar-refractivity contribution in [1.82, 2.24) is 40.4 Å². The number of likely N-dealkylation sites (tertiary alicyclic amines) is 2. The van der Waals surface area contributed by atoms with E-state index in [0.717, 1.165) is 58.1 Å². The SMILES string of the molecule is COC(=O)N[C@H](C(=O)N1[C@H](C)[C@H](C)C[C@H]1c1ncc(-c2ccc(-c3ccc(-c4cnc([C@@H]5C[C@@H](C)[C@@H](C)N5C(=O)[C@@H](NC(C)=O)C(C)C)[nH]4)cc3)cc2)[nH]1)C(C)C. The number of nitrogens with one attached hydrogen (secondary N) is 4. The minimum Gasteiger partial charge on any atom is -0.453 e. The van der Waals surface area contributed by atoms with E-state index in [4.69, 9.17) is 14.7 Å². The molecule has 4 heterocycles. The topological polar surface area (TPSA) is 165 Å². The number of alkyl carbamates (subject to hydrolysis) is 1. The van der Waals surface area contributed by atoms with Crippen molar-refractivity contribution in [2.75, 3.05) is 7.11 Å². The van der Waals surface area contributed by atoms with E-state index in [-0.39, 0.29) is 65.6 Å². The minimum absolute atomic E-state index is 0.00820. The van der Waals surface area contributed by atoms with Gasteiger partial charge in [-0.05, 0) is 72.6 Å². The van der Waals surface area contributed by atoms with Crippen LogP contribution in [0.3, 0.4) is 0 Å². The fourth-order valence-corrected chi connectivity index (χ4v) is 8.38. The van der Waals surface area contributed by atoms with E-state index < -0.39 is 18.2 Å². The Morgan fingerprint density at radius 1 is 0.649 bits per heavy atom. The number of carbonyl (C=O) groups excluding carboxylic acids is 4. The molecule has 4 aromatic rings. The number of imidazole rings is 2. The standard InChI is InChI=1S/C44H58N8O5/c1-23(2)38(47-29(9)53)42(54)51-27(7)25(5)19-36(51)40-45-21-34(48-40)32-15-11-30(12-16-32)31-13-17-33(18-14-31)35-22-46-41(49-35)37-20-26(6)28(8)52(37)43(55)39(24(3)4)50-44(56)57-10/h11-18,21-28,36-39H,19-20H2,1-10H3,(H,45,48)(H,46,49)(H,47,53)(H,50,56)/t25-,26-,27-,28-,36+,37+,38+,39+/m1/s1. The average Bonchev–Trinajstić information content (AvgIpc) is 3.99. The number of nitrogens with zero attached hydrogens (tertiary/aromatic N) is 4. The maximum absolute atomic E-state index is 13.9. The minimum atomic E-state index is -0.714. The molecule has 2 aliphatic heterocycles. The largest absolute Gasteiger partial charge is 0.453 e. The summed E-state index contributed by atoms with van der Waals surface area (Å²) in [6, 6.07) is 14.8. The van der Waals surface area contributed by atoms with Gasteiger partial charge in [0.05, 0.1) is 43.0 Å². The van der Waals surface area contributed by atoms with Gasteiger partial charge in [-0.2, -0.15) is 0 Å². The van der Waals surface area contributed by atoms with Crippen LogP contribution in [0.5, 0.6) is 0 Å². The molecule has 13 heteroatoms. The first-order chi connectivity index (χ1) is 27.1. The molecular formula is C44H58N8O5. The van der Waals surface area contributed by atoms with E-state index in [1.54, 1.807) is 0 Å². The molecular weight excluding hydrogens is 721 g/mol. The third-order valence-electron chi connectivity index (χ3n) is 12.1. The van der Waals surface area contributed by atoms with Crippen LogP contribution in [0.4, 0.5) is 4.79 Å². The molecule has 0 radical (unpaired) electrons. The number of carbonyl (C=O) groups is 4. The zero-order chi connectivity index (χ0) is 41.3. The Balaban J connectivity index is 1.15. The summed E-state index contributed by atoms with van der Waals surface area (Å²) in [6.45, 7) is 17.6. The molecule has 2 aromatic heterocycles. The first-order valence-corrected chi connectivity index (χ1v) is 20.2. The monoisotopic (exact) mass is 778 g/mol. The second kappa shape index (κ2) is 17.0. The molecule has 6 rings (SSSR count). The van der Waals surface area contributed by atoms with Crippen molar-refractivity contribution in [1.29, 1.82) is 0 Å². The van der Waals surface area contributed by atoms with Crippen molar-refractivity contribution in [3.05, 3.63) is 72.6 Å². The first kappa shape index (κ1) is 41.2. The van der Waals surface area contributed by atoms with Gasteiger partial charge in [-0.15, -0.1) is 0 Å². The number of rotatable bonds is 11.